The summed E-state index contributed by atoms with van der Waals surface area (Å²) in [4.78, 5) is 26.5. The Morgan fingerprint density at radius 1 is 1.11 bits per heavy atom. The first kappa shape index (κ1) is 17.7. The van der Waals surface area contributed by atoms with Gasteiger partial charge in [0.15, 0.2) is 12.3 Å². The lowest BCUT2D eigenvalue weighted by molar-refractivity contribution is 0.0779. The zero-order valence-electron chi connectivity index (χ0n) is 15.3. The molecule has 4 rings (SSSR count). The second-order valence-electron chi connectivity index (χ2n) is 6.29. The van der Waals surface area contributed by atoms with E-state index in [0.717, 1.165) is 16.3 Å². The number of carbonyl (C=O) groups is 1. The van der Waals surface area contributed by atoms with Crippen molar-refractivity contribution < 1.29 is 13.9 Å². The van der Waals surface area contributed by atoms with Gasteiger partial charge in [0, 0.05) is 49.2 Å². The van der Waals surface area contributed by atoms with Gasteiger partial charge in [-0.1, -0.05) is 18.2 Å². The molecule has 140 valence electrons. The van der Waals surface area contributed by atoms with Crippen LogP contribution in [0.15, 0.2) is 71.9 Å². The van der Waals surface area contributed by atoms with Gasteiger partial charge in [-0.2, -0.15) is 0 Å². The third-order valence-electron chi connectivity index (χ3n) is 4.25. The average Bonchev–Trinajstić information content (AvgIpc) is 3.21. The molecule has 0 bridgehead atoms. The van der Waals surface area contributed by atoms with Crippen molar-refractivity contribution in [2.45, 2.75) is 13.2 Å². The molecule has 0 aliphatic carbocycles. The van der Waals surface area contributed by atoms with Crippen LogP contribution in [-0.2, 0) is 13.2 Å². The van der Waals surface area contributed by atoms with Crippen LogP contribution in [0.1, 0.15) is 21.9 Å². The number of nitrogens with zero attached hydrogens (tertiary/aromatic N) is 4. The molecule has 28 heavy (non-hydrogen) atoms. The summed E-state index contributed by atoms with van der Waals surface area (Å²) in [5.74, 6) is 0.818. The summed E-state index contributed by atoms with van der Waals surface area (Å²) in [6.07, 6.45) is 8.28. The summed E-state index contributed by atoms with van der Waals surface area (Å²) < 4.78 is 11.2. The first-order chi connectivity index (χ1) is 13.7. The minimum absolute atomic E-state index is 0.126. The van der Waals surface area contributed by atoms with E-state index in [9.17, 15) is 4.79 Å². The topological polar surface area (TPSA) is 81.4 Å². The lowest BCUT2D eigenvalue weighted by Gasteiger charge is -2.15. The summed E-state index contributed by atoms with van der Waals surface area (Å²) in [7, 11) is 1.71. The highest BCUT2D eigenvalue weighted by molar-refractivity contribution is 5.91. The van der Waals surface area contributed by atoms with Crippen LogP contribution in [0.5, 0.6) is 5.75 Å². The summed E-state index contributed by atoms with van der Waals surface area (Å²) in [6.45, 7) is 0.566. The van der Waals surface area contributed by atoms with E-state index in [4.69, 9.17) is 9.15 Å². The van der Waals surface area contributed by atoms with E-state index in [1.165, 1.54) is 6.26 Å². The third-order valence-corrected chi connectivity index (χ3v) is 4.25. The van der Waals surface area contributed by atoms with Crippen molar-refractivity contribution in [2.24, 2.45) is 0 Å². The molecular weight excluding hydrogens is 356 g/mol. The number of ether oxygens (including phenoxy) is 1. The molecule has 7 heteroatoms. The van der Waals surface area contributed by atoms with Crippen LogP contribution < -0.4 is 4.74 Å². The van der Waals surface area contributed by atoms with E-state index < -0.39 is 0 Å². The molecule has 1 aromatic carbocycles. The molecule has 0 radical (unpaired) electrons. The summed E-state index contributed by atoms with van der Waals surface area (Å²) in [5, 5.41) is 1.94. The predicted octanol–water partition coefficient (Wildman–Crippen LogP) is 3.47. The van der Waals surface area contributed by atoms with E-state index in [2.05, 4.69) is 15.0 Å². The SMILES string of the molecule is CN(Cc1cccnc1)C(=O)c1coc(COc2cccc3cnccc23)n1. The molecule has 3 aromatic heterocycles. The number of fused-ring (bicyclic) bond motifs is 1. The Morgan fingerprint density at radius 3 is 2.86 bits per heavy atom. The maximum Gasteiger partial charge on any atom is 0.275 e. The zero-order valence-corrected chi connectivity index (χ0v) is 15.3. The van der Waals surface area contributed by atoms with Gasteiger partial charge >= 0.3 is 0 Å². The molecule has 0 N–H and O–H groups in total. The largest absolute Gasteiger partial charge is 0.483 e. The zero-order chi connectivity index (χ0) is 19.3. The quantitative estimate of drug-likeness (QED) is 0.514. The Hall–Kier alpha value is -3.74. The van der Waals surface area contributed by atoms with Crippen LogP contribution >= 0.6 is 0 Å². The molecule has 0 spiro atoms. The number of hydrogen-bond acceptors (Lipinski definition) is 6. The molecule has 0 saturated carbocycles. The van der Waals surface area contributed by atoms with E-state index in [1.807, 2.05) is 36.4 Å². The fraction of sp³-hybridized carbons (Fsp3) is 0.143. The summed E-state index contributed by atoms with van der Waals surface area (Å²) in [5.41, 5.74) is 1.18. The van der Waals surface area contributed by atoms with Gasteiger partial charge in [-0.05, 0) is 23.8 Å². The maximum atomic E-state index is 12.5. The number of hydrogen-bond donors (Lipinski definition) is 0. The first-order valence-corrected chi connectivity index (χ1v) is 8.75. The van der Waals surface area contributed by atoms with E-state index in [0.29, 0.717) is 18.2 Å². The highest BCUT2D eigenvalue weighted by Crippen LogP contribution is 2.25. The van der Waals surface area contributed by atoms with Gasteiger partial charge in [0.25, 0.3) is 5.91 Å². The number of pyridine rings is 2. The predicted molar refractivity (Wildman–Crippen MR) is 103 cm³/mol. The van der Waals surface area contributed by atoms with Crippen LogP contribution in [0.25, 0.3) is 10.8 Å². The van der Waals surface area contributed by atoms with Gasteiger partial charge in [0.2, 0.25) is 5.89 Å². The van der Waals surface area contributed by atoms with Crippen molar-refractivity contribution in [3.8, 4) is 5.75 Å². The highest BCUT2D eigenvalue weighted by atomic mass is 16.5. The van der Waals surface area contributed by atoms with E-state index in [-0.39, 0.29) is 18.2 Å². The highest BCUT2D eigenvalue weighted by Gasteiger charge is 2.17. The smallest absolute Gasteiger partial charge is 0.275 e. The Bertz CT molecular complexity index is 1090. The molecule has 0 saturated heterocycles. The lowest BCUT2D eigenvalue weighted by atomic mass is 10.1. The van der Waals surface area contributed by atoms with Crippen molar-refractivity contribution >= 4 is 16.7 Å². The van der Waals surface area contributed by atoms with Gasteiger partial charge in [-0.3, -0.25) is 14.8 Å². The van der Waals surface area contributed by atoms with E-state index >= 15 is 0 Å². The standard InChI is InChI=1S/C21H18N4O3/c1-25(12-15-4-3-8-22-10-15)21(26)18-13-28-20(24-18)14-27-19-6-2-5-16-11-23-9-7-17(16)19/h2-11,13H,12,14H2,1H3. The maximum absolute atomic E-state index is 12.5. The fourth-order valence-electron chi connectivity index (χ4n) is 2.87. The Morgan fingerprint density at radius 2 is 2.00 bits per heavy atom. The Kier molecular flexibility index (Phi) is 4.97. The van der Waals surface area contributed by atoms with Crippen LogP contribution in [0.2, 0.25) is 0 Å². The first-order valence-electron chi connectivity index (χ1n) is 8.75. The van der Waals surface area contributed by atoms with Gasteiger partial charge in [0.05, 0.1) is 0 Å². The van der Waals surface area contributed by atoms with Crippen LogP contribution in [0, 0.1) is 0 Å². The molecule has 0 unspecified atom stereocenters. The Labute approximate surface area is 161 Å². The molecule has 0 aliphatic rings. The van der Waals surface area contributed by atoms with Crippen LogP contribution in [0.3, 0.4) is 0 Å². The molecule has 0 aliphatic heterocycles. The van der Waals surface area contributed by atoms with Crippen LogP contribution in [0.4, 0.5) is 0 Å². The van der Waals surface area contributed by atoms with Crippen molar-refractivity contribution in [2.75, 3.05) is 7.05 Å². The van der Waals surface area contributed by atoms with Crippen molar-refractivity contribution in [1.82, 2.24) is 19.9 Å². The van der Waals surface area contributed by atoms with Crippen molar-refractivity contribution in [3.05, 3.63) is 84.6 Å². The van der Waals surface area contributed by atoms with Gasteiger partial charge < -0.3 is 14.1 Å². The number of benzene rings is 1. The molecule has 4 aromatic rings. The van der Waals surface area contributed by atoms with Gasteiger partial charge in [0.1, 0.15) is 12.0 Å². The third kappa shape index (κ3) is 3.83. The molecule has 1 amide bonds. The molecule has 0 atom stereocenters. The Balaban J connectivity index is 1.42. The number of aromatic nitrogens is 3. The number of oxazole rings is 1. The molecular formula is C21H18N4O3. The van der Waals surface area contributed by atoms with Gasteiger partial charge in [-0.15, -0.1) is 0 Å². The van der Waals surface area contributed by atoms with Crippen molar-refractivity contribution in [1.29, 1.82) is 0 Å². The normalized spacial score (nSPS) is 10.8. The summed E-state index contributed by atoms with van der Waals surface area (Å²) in [6, 6.07) is 11.4. The number of rotatable bonds is 6. The second-order valence-corrected chi connectivity index (χ2v) is 6.29. The minimum Gasteiger partial charge on any atom is -0.483 e. The second kappa shape index (κ2) is 7.87. The fourth-order valence-corrected chi connectivity index (χ4v) is 2.87. The average molecular weight is 374 g/mol. The number of amides is 1. The molecule has 3 heterocycles. The minimum atomic E-state index is -0.227. The van der Waals surface area contributed by atoms with Crippen LogP contribution in [-0.4, -0.2) is 32.8 Å². The molecule has 0 fully saturated rings. The number of carbonyl (C=O) groups excluding carboxylic acids is 1. The van der Waals surface area contributed by atoms with Gasteiger partial charge in [-0.25, -0.2) is 4.98 Å². The summed E-state index contributed by atoms with van der Waals surface area (Å²) >= 11 is 0. The lowest BCUT2D eigenvalue weighted by Crippen LogP contribution is -2.26. The van der Waals surface area contributed by atoms with E-state index in [1.54, 1.807) is 36.7 Å². The molecule has 7 nitrogen and oxygen atoms in total. The van der Waals surface area contributed by atoms with Crippen molar-refractivity contribution in [3.63, 3.8) is 0 Å². The monoisotopic (exact) mass is 374 g/mol.